The minimum atomic E-state index is 0.319. The molecule has 1 heterocycles. The molecule has 0 aliphatic rings. The Morgan fingerprint density at radius 3 is 2.73 bits per heavy atom. The van der Waals surface area contributed by atoms with Gasteiger partial charge in [0, 0.05) is 23.1 Å². The summed E-state index contributed by atoms with van der Waals surface area (Å²) in [5.41, 5.74) is 6.91. The molecule has 15 heavy (non-hydrogen) atoms. The molecular weight excluding hydrogens is 224 g/mol. The van der Waals surface area contributed by atoms with Crippen LogP contribution in [0.1, 0.15) is 43.8 Å². The maximum Gasteiger partial charge on any atom is 0.0954 e. The molecule has 0 spiro atoms. The second-order valence-corrected chi connectivity index (χ2v) is 6.15. The van der Waals surface area contributed by atoms with Crippen molar-refractivity contribution in [2.24, 2.45) is 5.73 Å². The number of thioether (sulfide) groups is 1. The first kappa shape index (κ1) is 13.0. The molecule has 1 aromatic rings. The number of rotatable bonds is 6. The molecule has 1 aromatic heterocycles. The van der Waals surface area contributed by atoms with E-state index in [1.54, 1.807) is 11.3 Å². The van der Waals surface area contributed by atoms with Crippen molar-refractivity contribution in [1.29, 1.82) is 0 Å². The van der Waals surface area contributed by atoms with Crippen molar-refractivity contribution in [3.05, 3.63) is 16.1 Å². The van der Waals surface area contributed by atoms with Crippen LogP contribution >= 0.6 is 23.1 Å². The highest BCUT2D eigenvalue weighted by Gasteiger charge is 2.05. The van der Waals surface area contributed by atoms with Gasteiger partial charge in [0.15, 0.2) is 0 Å². The highest BCUT2D eigenvalue weighted by molar-refractivity contribution is 7.98. The standard InChI is InChI=1S/C11H20N2S2/c1-8(2)11-13-10(7-15-11)6-14-5-4-9(3)12/h7-9H,4-6,12H2,1-3H3. The van der Waals surface area contributed by atoms with E-state index in [0.717, 1.165) is 17.9 Å². The smallest absolute Gasteiger partial charge is 0.0954 e. The van der Waals surface area contributed by atoms with Crippen LogP contribution in [0.2, 0.25) is 0 Å². The van der Waals surface area contributed by atoms with Gasteiger partial charge in [0.1, 0.15) is 0 Å². The van der Waals surface area contributed by atoms with Crippen LogP contribution in [-0.2, 0) is 5.75 Å². The van der Waals surface area contributed by atoms with Crippen molar-refractivity contribution in [2.45, 2.75) is 44.9 Å². The van der Waals surface area contributed by atoms with Gasteiger partial charge in [-0.2, -0.15) is 11.8 Å². The molecule has 0 aliphatic heterocycles. The summed E-state index contributed by atoms with van der Waals surface area (Å²) in [6.45, 7) is 6.43. The molecule has 0 amide bonds. The monoisotopic (exact) mass is 244 g/mol. The van der Waals surface area contributed by atoms with Crippen LogP contribution in [0.4, 0.5) is 0 Å². The fourth-order valence-electron chi connectivity index (χ4n) is 1.10. The molecule has 1 rings (SSSR count). The lowest BCUT2D eigenvalue weighted by atomic mass is 10.2. The SMILES string of the molecule is CC(N)CCSCc1csc(C(C)C)n1. The van der Waals surface area contributed by atoms with Crippen LogP contribution in [0.3, 0.4) is 0 Å². The Hall–Kier alpha value is -0.0600. The van der Waals surface area contributed by atoms with Gasteiger partial charge in [-0.15, -0.1) is 11.3 Å². The lowest BCUT2D eigenvalue weighted by molar-refractivity contribution is 0.721. The Kier molecular flexibility index (Phi) is 5.64. The summed E-state index contributed by atoms with van der Waals surface area (Å²) in [5.74, 6) is 2.71. The van der Waals surface area contributed by atoms with Gasteiger partial charge < -0.3 is 5.73 Å². The van der Waals surface area contributed by atoms with E-state index in [1.165, 1.54) is 10.7 Å². The molecule has 0 saturated carbocycles. The number of hydrogen-bond acceptors (Lipinski definition) is 4. The molecule has 4 heteroatoms. The molecule has 0 aromatic carbocycles. The summed E-state index contributed by atoms with van der Waals surface area (Å²) in [6.07, 6.45) is 1.09. The first-order valence-electron chi connectivity index (χ1n) is 5.37. The van der Waals surface area contributed by atoms with E-state index in [-0.39, 0.29) is 0 Å². The summed E-state index contributed by atoms with van der Waals surface area (Å²) in [4.78, 5) is 4.59. The minimum absolute atomic E-state index is 0.319. The maximum absolute atomic E-state index is 5.69. The predicted octanol–water partition coefficient (Wildman–Crippen LogP) is 3.24. The topological polar surface area (TPSA) is 38.9 Å². The van der Waals surface area contributed by atoms with Gasteiger partial charge >= 0.3 is 0 Å². The van der Waals surface area contributed by atoms with Crippen LogP contribution in [0.5, 0.6) is 0 Å². The molecule has 1 unspecified atom stereocenters. The van der Waals surface area contributed by atoms with Gasteiger partial charge in [0.2, 0.25) is 0 Å². The Morgan fingerprint density at radius 2 is 2.20 bits per heavy atom. The first-order chi connectivity index (χ1) is 7.09. The van der Waals surface area contributed by atoms with E-state index in [2.05, 4.69) is 31.1 Å². The lowest BCUT2D eigenvalue weighted by Crippen LogP contribution is -2.15. The summed E-state index contributed by atoms with van der Waals surface area (Å²) in [7, 11) is 0. The molecular formula is C11H20N2S2. The zero-order valence-corrected chi connectivity index (χ0v) is 11.3. The van der Waals surface area contributed by atoms with Gasteiger partial charge in [-0.25, -0.2) is 4.98 Å². The average molecular weight is 244 g/mol. The van der Waals surface area contributed by atoms with Crippen molar-refractivity contribution in [2.75, 3.05) is 5.75 Å². The van der Waals surface area contributed by atoms with Crippen LogP contribution in [-0.4, -0.2) is 16.8 Å². The Labute approximate surface area is 101 Å². The average Bonchev–Trinajstić information content (AvgIpc) is 2.60. The van der Waals surface area contributed by atoms with E-state index in [0.29, 0.717) is 12.0 Å². The van der Waals surface area contributed by atoms with Gasteiger partial charge in [-0.1, -0.05) is 13.8 Å². The summed E-state index contributed by atoms with van der Waals surface area (Å²) < 4.78 is 0. The maximum atomic E-state index is 5.69. The van der Waals surface area contributed by atoms with E-state index in [4.69, 9.17) is 5.73 Å². The highest BCUT2D eigenvalue weighted by Crippen LogP contribution is 2.22. The molecule has 0 radical (unpaired) electrons. The fraction of sp³-hybridized carbons (Fsp3) is 0.727. The molecule has 0 bridgehead atoms. The molecule has 0 aliphatic carbocycles. The largest absolute Gasteiger partial charge is 0.328 e. The third-order valence-electron chi connectivity index (χ3n) is 2.03. The van der Waals surface area contributed by atoms with E-state index in [9.17, 15) is 0 Å². The van der Waals surface area contributed by atoms with Crippen molar-refractivity contribution in [1.82, 2.24) is 4.98 Å². The summed E-state index contributed by atoms with van der Waals surface area (Å²) in [6, 6.07) is 0.319. The molecule has 2 nitrogen and oxygen atoms in total. The summed E-state index contributed by atoms with van der Waals surface area (Å²) in [5, 5.41) is 3.42. The van der Waals surface area contributed by atoms with Crippen LogP contribution in [0.15, 0.2) is 5.38 Å². The van der Waals surface area contributed by atoms with Gasteiger partial charge in [0.25, 0.3) is 0 Å². The number of hydrogen-bond donors (Lipinski definition) is 1. The van der Waals surface area contributed by atoms with E-state index in [1.807, 2.05) is 11.8 Å². The number of nitrogens with zero attached hydrogens (tertiary/aromatic N) is 1. The van der Waals surface area contributed by atoms with E-state index < -0.39 is 0 Å². The van der Waals surface area contributed by atoms with Crippen LogP contribution in [0.25, 0.3) is 0 Å². The Balaban J connectivity index is 2.26. The van der Waals surface area contributed by atoms with E-state index >= 15 is 0 Å². The first-order valence-corrected chi connectivity index (χ1v) is 7.40. The van der Waals surface area contributed by atoms with Crippen LogP contribution < -0.4 is 5.73 Å². The molecule has 0 saturated heterocycles. The van der Waals surface area contributed by atoms with Crippen molar-refractivity contribution < 1.29 is 0 Å². The second-order valence-electron chi connectivity index (χ2n) is 4.15. The summed E-state index contributed by atoms with van der Waals surface area (Å²) >= 11 is 3.70. The number of nitrogens with two attached hydrogens (primary N) is 1. The zero-order valence-electron chi connectivity index (χ0n) is 9.69. The van der Waals surface area contributed by atoms with Gasteiger partial charge in [-0.3, -0.25) is 0 Å². The molecule has 1 atom stereocenters. The minimum Gasteiger partial charge on any atom is -0.328 e. The van der Waals surface area contributed by atoms with Gasteiger partial charge in [0.05, 0.1) is 10.7 Å². The molecule has 2 N–H and O–H groups in total. The number of aromatic nitrogens is 1. The predicted molar refractivity (Wildman–Crippen MR) is 70.6 cm³/mol. The second kappa shape index (κ2) is 6.51. The van der Waals surface area contributed by atoms with Gasteiger partial charge in [-0.05, 0) is 19.1 Å². The quantitative estimate of drug-likeness (QED) is 0.781. The fourth-order valence-corrected chi connectivity index (χ4v) is 3.08. The Bertz CT molecular complexity index is 282. The highest BCUT2D eigenvalue weighted by atomic mass is 32.2. The third kappa shape index (κ3) is 5.00. The lowest BCUT2D eigenvalue weighted by Gasteiger charge is -2.03. The zero-order chi connectivity index (χ0) is 11.3. The molecule has 86 valence electrons. The van der Waals surface area contributed by atoms with Crippen molar-refractivity contribution >= 4 is 23.1 Å². The van der Waals surface area contributed by atoms with Crippen molar-refractivity contribution in [3.8, 4) is 0 Å². The Morgan fingerprint density at radius 1 is 1.47 bits per heavy atom. The number of thiazole rings is 1. The molecule has 0 fully saturated rings. The van der Waals surface area contributed by atoms with Crippen molar-refractivity contribution in [3.63, 3.8) is 0 Å². The van der Waals surface area contributed by atoms with Crippen LogP contribution in [0, 0.1) is 0 Å². The third-order valence-corrected chi connectivity index (χ3v) is 4.25. The normalized spacial score (nSPS) is 13.4.